The third-order valence-electron chi connectivity index (χ3n) is 4.21. The number of benzene rings is 1. The van der Waals surface area contributed by atoms with Gasteiger partial charge in [-0.1, -0.05) is 13.0 Å². The Hall–Kier alpha value is -1.13. The molecule has 2 rings (SSSR count). The fourth-order valence-corrected chi connectivity index (χ4v) is 4.96. The highest BCUT2D eigenvalue weighted by Gasteiger charge is 2.37. The molecule has 2 unspecified atom stereocenters. The molecule has 2 N–H and O–H groups in total. The highest BCUT2D eigenvalue weighted by atomic mass is 35.5. The minimum absolute atomic E-state index is 0. The molecule has 0 amide bonds. The maximum absolute atomic E-state index is 13.0. The van der Waals surface area contributed by atoms with Crippen molar-refractivity contribution in [3.8, 4) is 6.07 Å². The first-order valence-corrected chi connectivity index (χ1v) is 8.58. The summed E-state index contributed by atoms with van der Waals surface area (Å²) in [6.45, 7) is 4.60. The Morgan fingerprint density at radius 3 is 2.73 bits per heavy atom. The molecule has 22 heavy (non-hydrogen) atoms. The zero-order chi connectivity index (χ0) is 15.6. The second-order valence-corrected chi connectivity index (χ2v) is 7.49. The quantitative estimate of drug-likeness (QED) is 0.909. The van der Waals surface area contributed by atoms with Gasteiger partial charge in [-0.2, -0.15) is 9.57 Å². The zero-order valence-electron chi connectivity index (χ0n) is 12.8. The highest BCUT2D eigenvalue weighted by Crippen LogP contribution is 2.30. The summed E-state index contributed by atoms with van der Waals surface area (Å²) in [5.74, 6) is 0.248. The van der Waals surface area contributed by atoms with Gasteiger partial charge in [-0.25, -0.2) is 8.42 Å². The van der Waals surface area contributed by atoms with Gasteiger partial charge < -0.3 is 5.73 Å². The van der Waals surface area contributed by atoms with Crippen LogP contribution in [0.3, 0.4) is 0 Å². The van der Waals surface area contributed by atoms with Crippen LogP contribution < -0.4 is 5.73 Å². The number of nitrogens with two attached hydrogens (primary N) is 1. The summed E-state index contributed by atoms with van der Waals surface area (Å²) in [4.78, 5) is 0.217. The average Bonchev–Trinajstić information content (AvgIpc) is 2.47. The van der Waals surface area contributed by atoms with Crippen LogP contribution in [0.1, 0.15) is 30.9 Å². The number of nitrogens with zero attached hydrogens (tertiary/aromatic N) is 2. The predicted octanol–water partition coefficient (Wildman–Crippen LogP) is 2.04. The largest absolute Gasteiger partial charge is 0.329 e. The maximum Gasteiger partial charge on any atom is 0.243 e. The first-order chi connectivity index (χ1) is 9.91. The molecule has 122 valence electrons. The van der Waals surface area contributed by atoms with Crippen LogP contribution in [-0.2, 0) is 10.0 Å². The lowest BCUT2D eigenvalue weighted by Gasteiger charge is -2.38. The third kappa shape index (κ3) is 3.44. The minimum atomic E-state index is -3.62. The summed E-state index contributed by atoms with van der Waals surface area (Å²) in [5.41, 5.74) is 6.81. The van der Waals surface area contributed by atoms with Gasteiger partial charge in [-0.3, -0.25) is 0 Å². The molecule has 1 saturated heterocycles. The van der Waals surface area contributed by atoms with Crippen molar-refractivity contribution >= 4 is 22.4 Å². The van der Waals surface area contributed by atoms with Gasteiger partial charge >= 0.3 is 0 Å². The molecule has 1 heterocycles. The van der Waals surface area contributed by atoms with E-state index in [2.05, 4.69) is 0 Å². The summed E-state index contributed by atoms with van der Waals surface area (Å²) >= 11 is 0. The highest BCUT2D eigenvalue weighted by molar-refractivity contribution is 7.89. The van der Waals surface area contributed by atoms with Gasteiger partial charge in [0, 0.05) is 19.1 Å². The van der Waals surface area contributed by atoms with E-state index >= 15 is 0 Å². The fourth-order valence-electron chi connectivity index (χ4n) is 2.93. The Bertz CT molecular complexity index is 670. The molecule has 0 aliphatic carbocycles. The first kappa shape index (κ1) is 18.9. The van der Waals surface area contributed by atoms with E-state index in [0.717, 1.165) is 12.8 Å². The number of halogens is 1. The average molecular weight is 344 g/mol. The van der Waals surface area contributed by atoms with Crippen LogP contribution in [-0.4, -0.2) is 31.9 Å². The summed E-state index contributed by atoms with van der Waals surface area (Å²) in [5, 5.41) is 8.99. The Morgan fingerprint density at radius 1 is 1.45 bits per heavy atom. The summed E-state index contributed by atoms with van der Waals surface area (Å²) in [7, 11) is -3.62. The van der Waals surface area contributed by atoms with E-state index in [0.29, 0.717) is 24.2 Å². The Morgan fingerprint density at radius 2 is 2.14 bits per heavy atom. The maximum atomic E-state index is 13.0. The molecule has 1 aliphatic rings. The molecule has 0 bridgehead atoms. The molecule has 1 aromatic carbocycles. The standard InChI is InChI=1S/C15H21N3O2S.ClH/c1-11-4-3-7-18(14(11)10-17)21(19,20)15-8-13(9-16)6-5-12(15)2;/h5-6,8,11,14H,3-4,7,10,17H2,1-2H3;1H. The van der Waals surface area contributed by atoms with Crippen molar-refractivity contribution < 1.29 is 8.42 Å². The molecule has 0 spiro atoms. The van der Waals surface area contributed by atoms with Crippen molar-refractivity contribution in [3.63, 3.8) is 0 Å². The van der Waals surface area contributed by atoms with Gasteiger partial charge in [0.2, 0.25) is 10.0 Å². The lowest BCUT2D eigenvalue weighted by molar-refractivity contribution is 0.192. The van der Waals surface area contributed by atoms with E-state index < -0.39 is 10.0 Å². The van der Waals surface area contributed by atoms with Crippen molar-refractivity contribution in [3.05, 3.63) is 29.3 Å². The van der Waals surface area contributed by atoms with Gasteiger partial charge in [0.25, 0.3) is 0 Å². The van der Waals surface area contributed by atoms with Crippen LogP contribution in [0.5, 0.6) is 0 Å². The van der Waals surface area contributed by atoms with Crippen molar-refractivity contribution in [1.29, 1.82) is 5.26 Å². The van der Waals surface area contributed by atoms with Gasteiger partial charge in [0.05, 0.1) is 16.5 Å². The van der Waals surface area contributed by atoms with Crippen LogP contribution in [0, 0.1) is 24.2 Å². The Balaban J connectivity index is 0.00000242. The first-order valence-electron chi connectivity index (χ1n) is 7.14. The van der Waals surface area contributed by atoms with Crippen LogP contribution in [0.2, 0.25) is 0 Å². The van der Waals surface area contributed by atoms with Gasteiger partial charge in [-0.15, -0.1) is 12.4 Å². The summed E-state index contributed by atoms with van der Waals surface area (Å²) < 4.78 is 27.4. The lowest BCUT2D eigenvalue weighted by atomic mass is 9.93. The second kappa shape index (κ2) is 7.42. The monoisotopic (exact) mass is 343 g/mol. The minimum Gasteiger partial charge on any atom is -0.329 e. The zero-order valence-corrected chi connectivity index (χ0v) is 14.5. The van der Waals surface area contributed by atoms with E-state index in [4.69, 9.17) is 11.0 Å². The Kier molecular flexibility index (Phi) is 6.38. The van der Waals surface area contributed by atoms with Crippen molar-refractivity contribution in [2.24, 2.45) is 11.7 Å². The Labute approximate surface area is 138 Å². The number of sulfonamides is 1. The number of aryl methyl sites for hydroxylation is 1. The number of nitriles is 1. The van der Waals surface area contributed by atoms with Crippen LogP contribution in [0.4, 0.5) is 0 Å². The topological polar surface area (TPSA) is 87.2 Å². The molecule has 0 radical (unpaired) electrons. The molecule has 7 heteroatoms. The normalized spacial score (nSPS) is 22.6. The van der Waals surface area contributed by atoms with Crippen LogP contribution in [0.25, 0.3) is 0 Å². The van der Waals surface area contributed by atoms with Crippen LogP contribution >= 0.6 is 12.4 Å². The molecular formula is C15H22ClN3O2S. The number of hydrogen-bond acceptors (Lipinski definition) is 4. The predicted molar refractivity (Wildman–Crippen MR) is 88.3 cm³/mol. The van der Waals surface area contributed by atoms with E-state index in [1.165, 1.54) is 10.4 Å². The molecule has 5 nitrogen and oxygen atoms in total. The molecule has 0 saturated carbocycles. The third-order valence-corrected chi connectivity index (χ3v) is 6.28. The van der Waals surface area contributed by atoms with E-state index in [1.54, 1.807) is 19.1 Å². The van der Waals surface area contributed by atoms with Crippen molar-refractivity contribution in [2.75, 3.05) is 13.1 Å². The molecular weight excluding hydrogens is 322 g/mol. The van der Waals surface area contributed by atoms with Crippen molar-refractivity contribution in [1.82, 2.24) is 4.31 Å². The lowest BCUT2D eigenvalue weighted by Crippen LogP contribution is -2.51. The molecule has 1 fully saturated rings. The number of hydrogen-bond donors (Lipinski definition) is 1. The fraction of sp³-hybridized carbons (Fsp3) is 0.533. The van der Waals surface area contributed by atoms with Gasteiger partial charge in [-0.05, 0) is 43.4 Å². The molecule has 0 aromatic heterocycles. The summed E-state index contributed by atoms with van der Waals surface area (Å²) in [6.07, 6.45) is 1.83. The molecule has 2 atom stereocenters. The van der Waals surface area contributed by atoms with Crippen molar-refractivity contribution in [2.45, 2.75) is 37.6 Å². The molecule has 1 aliphatic heterocycles. The number of rotatable bonds is 3. The second-order valence-electron chi connectivity index (χ2n) is 5.63. The van der Waals surface area contributed by atoms with Gasteiger partial charge in [0.15, 0.2) is 0 Å². The van der Waals surface area contributed by atoms with E-state index in [-0.39, 0.29) is 29.3 Å². The SMILES string of the molecule is Cc1ccc(C#N)cc1S(=O)(=O)N1CCCC(C)C1CN.Cl. The molecule has 1 aromatic rings. The van der Waals surface area contributed by atoms with Crippen LogP contribution in [0.15, 0.2) is 23.1 Å². The smallest absolute Gasteiger partial charge is 0.243 e. The summed E-state index contributed by atoms with van der Waals surface area (Å²) in [6, 6.07) is 6.59. The van der Waals surface area contributed by atoms with E-state index in [1.807, 2.05) is 13.0 Å². The van der Waals surface area contributed by atoms with E-state index in [9.17, 15) is 8.42 Å². The van der Waals surface area contributed by atoms with Gasteiger partial charge in [0.1, 0.15) is 0 Å². The number of piperidine rings is 1.